The van der Waals surface area contributed by atoms with Crippen molar-refractivity contribution in [2.75, 3.05) is 26.8 Å². The van der Waals surface area contributed by atoms with Crippen LogP contribution in [-0.2, 0) is 21.4 Å². The highest BCUT2D eigenvalue weighted by molar-refractivity contribution is 7.89. The van der Waals surface area contributed by atoms with Crippen molar-refractivity contribution < 1.29 is 22.7 Å². The Labute approximate surface area is 162 Å². The van der Waals surface area contributed by atoms with Crippen molar-refractivity contribution in [3.63, 3.8) is 0 Å². The maximum Gasteiger partial charge on any atom is 0.243 e. The quantitative estimate of drug-likeness (QED) is 0.787. The molecule has 9 heteroatoms. The Morgan fingerprint density at radius 3 is 2.59 bits per heavy atom. The lowest BCUT2D eigenvalue weighted by molar-refractivity contribution is -0.121. The zero-order chi connectivity index (χ0) is 19.4. The van der Waals surface area contributed by atoms with E-state index in [-0.39, 0.29) is 18.0 Å². The summed E-state index contributed by atoms with van der Waals surface area (Å²) in [5.74, 6) is 0.811. The van der Waals surface area contributed by atoms with Gasteiger partial charge in [-0.2, -0.15) is 4.31 Å². The summed E-state index contributed by atoms with van der Waals surface area (Å²) < 4.78 is 37.1. The maximum absolute atomic E-state index is 12.5. The molecule has 0 aliphatic carbocycles. The second-order valence-corrected chi connectivity index (χ2v) is 8.41. The van der Waals surface area contributed by atoms with Crippen LogP contribution in [0.25, 0.3) is 0 Å². The van der Waals surface area contributed by atoms with Crippen LogP contribution in [0.1, 0.15) is 5.56 Å². The van der Waals surface area contributed by atoms with Gasteiger partial charge in [0.1, 0.15) is 13.2 Å². The fourth-order valence-electron chi connectivity index (χ4n) is 2.60. The second-order valence-electron chi connectivity index (χ2n) is 5.93. The van der Waals surface area contributed by atoms with Crippen molar-refractivity contribution in [3.8, 4) is 11.5 Å². The summed E-state index contributed by atoms with van der Waals surface area (Å²) >= 11 is 5.78. The minimum absolute atomic E-state index is 0.0740. The number of carbonyl (C=O) groups is 1. The minimum atomic E-state index is -3.78. The van der Waals surface area contributed by atoms with E-state index < -0.39 is 15.9 Å². The van der Waals surface area contributed by atoms with E-state index in [0.29, 0.717) is 29.7 Å². The number of para-hydroxylation sites is 1. The van der Waals surface area contributed by atoms with E-state index in [1.807, 2.05) is 12.1 Å². The van der Waals surface area contributed by atoms with Crippen molar-refractivity contribution in [3.05, 3.63) is 53.1 Å². The number of sulfonamides is 1. The third kappa shape index (κ3) is 4.52. The molecule has 0 saturated heterocycles. The molecule has 2 aromatic rings. The zero-order valence-corrected chi connectivity index (χ0v) is 16.2. The molecule has 0 atom stereocenters. The Hall–Kier alpha value is -2.29. The molecule has 1 heterocycles. The SMILES string of the molecule is CN(CC(=O)NCc1cccc2c1OCCO2)S(=O)(=O)c1ccc(Cl)cc1. The third-order valence-electron chi connectivity index (χ3n) is 4.01. The number of nitrogens with one attached hydrogen (secondary N) is 1. The Kier molecular flexibility index (Phi) is 5.88. The molecule has 0 radical (unpaired) electrons. The van der Waals surface area contributed by atoms with Gasteiger partial charge in [0.25, 0.3) is 0 Å². The van der Waals surface area contributed by atoms with Gasteiger partial charge in [-0.05, 0) is 30.3 Å². The minimum Gasteiger partial charge on any atom is -0.486 e. The summed E-state index contributed by atoms with van der Waals surface area (Å²) in [6.07, 6.45) is 0. The van der Waals surface area contributed by atoms with Gasteiger partial charge in [0.15, 0.2) is 11.5 Å². The van der Waals surface area contributed by atoms with Gasteiger partial charge in [0.05, 0.1) is 11.4 Å². The van der Waals surface area contributed by atoms with Crippen LogP contribution in [-0.4, -0.2) is 45.4 Å². The van der Waals surface area contributed by atoms with E-state index in [4.69, 9.17) is 21.1 Å². The van der Waals surface area contributed by atoms with Gasteiger partial charge in [0.2, 0.25) is 15.9 Å². The third-order valence-corrected chi connectivity index (χ3v) is 6.08. The van der Waals surface area contributed by atoms with Crippen LogP contribution in [0, 0.1) is 0 Å². The van der Waals surface area contributed by atoms with Crippen molar-refractivity contribution in [2.45, 2.75) is 11.4 Å². The lowest BCUT2D eigenvalue weighted by atomic mass is 10.1. The van der Waals surface area contributed by atoms with Crippen LogP contribution in [0.15, 0.2) is 47.4 Å². The monoisotopic (exact) mass is 410 g/mol. The Morgan fingerprint density at radius 2 is 1.85 bits per heavy atom. The molecule has 27 heavy (non-hydrogen) atoms. The number of carbonyl (C=O) groups excluding carboxylic acids is 1. The summed E-state index contributed by atoms with van der Waals surface area (Å²) in [6, 6.07) is 11.2. The molecular formula is C18H19ClN2O5S. The Morgan fingerprint density at radius 1 is 1.15 bits per heavy atom. The molecule has 0 saturated carbocycles. The van der Waals surface area contributed by atoms with Crippen molar-refractivity contribution in [1.82, 2.24) is 9.62 Å². The average molecular weight is 411 g/mol. The van der Waals surface area contributed by atoms with Crippen LogP contribution in [0.2, 0.25) is 5.02 Å². The predicted octanol–water partition coefficient (Wildman–Crippen LogP) is 2.05. The molecule has 0 unspecified atom stereocenters. The summed E-state index contributed by atoms with van der Waals surface area (Å²) in [7, 11) is -2.43. The number of fused-ring (bicyclic) bond motifs is 1. The van der Waals surface area contributed by atoms with Crippen molar-refractivity contribution >= 4 is 27.5 Å². The van der Waals surface area contributed by atoms with E-state index in [2.05, 4.69) is 5.32 Å². The van der Waals surface area contributed by atoms with Gasteiger partial charge in [-0.25, -0.2) is 8.42 Å². The van der Waals surface area contributed by atoms with E-state index in [0.717, 1.165) is 9.87 Å². The van der Waals surface area contributed by atoms with E-state index in [1.165, 1.54) is 31.3 Å². The first-order valence-electron chi connectivity index (χ1n) is 8.24. The average Bonchev–Trinajstić information content (AvgIpc) is 2.66. The fraction of sp³-hybridized carbons (Fsp3) is 0.278. The smallest absolute Gasteiger partial charge is 0.243 e. The molecule has 144 valence electrons. The number of rotatable bonds is 6. The number of hydrogen-bond acceptors (Lipinski definition) is 5. The molecule has 0 bridgehead atoms. The fourth-order valence-corrected chi connectivity index (χ4v) is 3.85. The molecule has 0 spiro atoms. The van der Waals surface area contributed by atoms with Gasteiger partial charge in [-0.3, -0.25) is 4.79 Å². The normalized spacial score (nSPS) is 13.4. The molecule has 1 N–H and O–H groups in total. The molecule has 1 aliphatic rings. The standard InChI is InChI=1S/C18H19ClN2O5S/c1-21(27(23,24)15-7-5-14(19)6-8-15)12-17(22)20-11-13-3-2-4-16-18(13)26-10-9-25-16/h2-8H,9-12H2,1H3,(H,20,22). The van der Waals surface area contributed by atoms with Crippen molar-refractivity contribution in [2.24, 2.45) is 0 Å². The van der Waals surface area contributed by atoms with E-state index >= 15 is 0 Å². The molecule has 0 aromatic heterocycles. The number of halogens is 1. The number of amides is 1. The van der Waals surface area contributed by atoms with Crippen molar-refractivity contribution in [1.29, 1.82) is 0 Å². The first-order valence-corrected chi connectivity index (χ1v) is 10.1. The topological polar surface area (TPSA) is 84.9 Å². The molecule has 1 amide bonds. The first kappa shape index (κ1) is 19.5. The number of hydrogen-bond donors (Lipinski definition) is 1. The van der Waals surface area contributed by atoms with Gasteiger partial charge in [-0.1, -0.05) is 23.7 Å². The van der Waals surface area contributed by atoms with Gasteiger partial charge in [0, 0.05) is 24.2 Å². The largest absolute Gasteiger partial charge is 0.486 e. The molecule has 1 aliphatic heterocycles. The number of nitrogens with zero attached hydrogens (tertiary/aromatic N) is 1. The summed E-state index contributed by atoms with van der Waals surface area (Å²) in [5, 5.41) is 3.15. The molecule has 3 rings (SSSR count). The number of likely N-dealkylation sites (N-methyl/N-ethyl adjacent to an activating group) is 1. The zero-order valence-electron chi connectivity index (χ0n) is 14.6. The van der Waals surface area contributed by atoms with Crippen LogP contribution < -0.4 is 14.8 Å². The molecule has 2 aromatic carbocycles. The van der Waals surface area contributed by atoms with E-state index in [9.17, 15) is 13.2 Å². The summed E-state index contributed by atoms with van der Waals surface area (Å²) in [5.41, 5.74) is 0.767. The van der Waals surface area contributed by atoms with Gasteiger partial charge < -0.3 is 14.8 Å². The lowest BCUT2D eigenvalue weighted by Crippen LogP contribution is -2.38. The van der Waals surface area contributed by atoms with Gasteiger partial charge in [-0.15, -0.1) is 0 Å². The predicted molar refractivity (Wildman–Crippen MR) is 101 cm³/mol. The summed E-state index contributed by atoms with van der Waals surface area (Å²) in [4.78, 5) is 12.3. The molecule has 7 nitrogen and oxygen atoms in total. The van der Waals surface area contributed by atoms with Gasteiger partial charge >= 0.3 is 0 Å². The number of benzene rings is 2. The highest BCUT2D eigenvalue weighted by atomic mass is 35.5. The van der Waals surface area contributed by atoms with Crippen LogP contribution in [0.5, 0.6) is 11.5 Å². The summed E-state index contributed by atoms with van der Waals surface area (Å²) in [6.45, 7) is 0.827. The van der Waals surface area contributed by atoms with E-state index in [1.54, 1.807) is 6.07 Å². The molecule has 0 fully saturated rings. The van der Waals surface area contributed by atoms with Crippen LogP contribution in [0.3, 0.4) is 0 Å². The van der Waals surface area contributed by atoms with Crippen LogP contribution in [0.4, 0.5) is 0 Å². The maximum atomic E-state index is 12.5. The second kappa shape index (κ2) is 8.16. The first-order chi connectivity index (χ1) is 12.9. The molecular weight excluding hydrogens is 392 g/mol. The number of ether oxygens (including phenoxy) is 2. The highest BCUT2D eigenvalue weighted by Gasteiger charge is 2.23. The highest BCUT2D eigenvalue weighted by Crippen LogP contribution is 2.33. The van der Waals surface area contributed by atoms with Crippen LogP contribution >= 0.6 is 11.6 Å². The Balaban J connectivity index is 1.62. The Bertz CT molecular complexity index is 931. The lowest BCUT2D eigenvalue weighted by Gasteiger charge is -2.21.